The van der Waals surface area contributed by atoms with Crippen molar-refractivity contribution in [3.8, 4) is 0 Å². The number of carboxylic acids is 1. The highest BCUT2D eigenvalue weighted by atomic mass is 35.5. The van der Waals surface area contributed by atoms with E-state index in [0.29, 0.717) is 6.04 Å². The zero-order valence-electron chi connectivity index (χ0n) is 16.7. The summed E-state index contributed by atoms with van der Waals surface area (Å²) in [6.45, 7) is 5.25. The minimum absolute atomic E-state index is 0. The number of carbonyl (C=O) groups is 2. The molecule has 0 radical (unpaired) electrons. The third-order valence-corrected chi connectivity index (χ3v) is 7.55. The SMILES string of the molecule is C[C@@H](O)[C@H]1C(=O)N2C(C(=O)O)=C(S[C@@H]3CN[C@H](C[n+]4ccn(C)c4)C3)[C@H](C)[C@H]12.[Cl-]. The Morgan fingerprint density at radius 3 is 2.79 bits per heavy atom. The molecule has 0 aliphatic carbocycles. The fraction of sp³-hybridized carbons (Fsp3) is 0.632. The van der Waals surface area contributed by atoms with E-state index in [4.69, 9.17) is 0 Å². The number of amides is 1. The lowest BCUT2D eigenvalue weighted by Crippen LogP contribution is -3.00. The van der Waals surface area contributed by atoms with Gasteiger partial charge in [-0.2, -0.15) is 0 Å². The number of aliphatic hydroxyl groups excluding tert-OH is 1. The molecule has 1 aromatic rings. The molecule has 3 N–H and O–H groups in total. The average molecular weight is 443 g/mol. The van der Waals surface area contributed by atoms with Gasteiger partial charge in [0.2, 0.25) is 12.2 Å². The molecule has 3 aliphatic rings. The number of hydrogen-bond acceptors (Lipinski definition) is 5. The lowest BCUT2D eigenvalue weighted by Gasteiger charge is -2.46. The number of nitrogens with one attached hydrogen (secondary N) is 1. The fourth-order valence-electron chi connectivity index (χ4n) is 4.73. The maximum absolute atomic E-state index is 12.4. The Kier molecular flexibility index (Phi) is 6.33. The second-order valence-corrected chi connectivity index (χ2v) is 9.47. The Labute approximate surface area is 180 Å². The summed E-state index contributed by atoms with van der Waals surface area (Å²) in [6.07, 6.45) is 6.26. The molecule has 0 spiro atoms. The first-order chi connectivity index (χ1) is 13.3. The van der Waals surface area contributed by atoms with Crippen LogP contribution in [0.15, 0.2) is 29.3 Å². The maximum atomic E-state index is 12.4. The number of rotatable bonds is 6. The van der Waals surface area contributed by atoms with Crippen LogP contribution >= 0.6 is 11.8 Å². The van der Waals surface area contributed by atoms with Crippen molar-refractivity contribution in [1.82, 2.24) is 14.8 Å². The van der Waals surface area contributed by atoms with Crippen LogP contribution in [0.5, 0.6) is 0 Å². The second kappa shape index (κ2) is 8.29. The minimum Gasteiger partial charge on any atom is -1.00 e. The molecule has 10 heteroatoms. The zero-order chi connectivity index (χ0) is 20.2. The van der Waals surface area contributed by atoms with Crippen LogP contribution in [0.25, 0.3) is 0 Å². The molecule has 0 saturated carbocycles. The monoisotopic (exact) mass is 442 g/mol. The molecule has 0 unspecified atom stereocenters. The average Bonchev–Trinajstić information content (AvgIpc) is 3.28. The number of halogens is 1. The first-order valence-electron chi connectivity index (χ1n) is 9.67. The van der Waals surface area contributed by atoms with Crippen molar-refractivity contribution in [3.63, 3.8) is 0 Å². The highest BCUT2D eigenvalue weighted by Crippen LogP contribution is 2.51. The Bertz CT molecular complexity index is 842. The van der Waals surface area contributed by atoms with E-state index in [9.17, 15) is 19.8 Å². The lowest BCUT2D eigenvalue weighted by molar-refractivity contribution is -0.698. The van der Waals surface area contributed by atoms with E-state index in [1.54, 1.807) is 18.7 Å². The lowest BCUT2D eigenvalue weighted by atomic mass is 9.79. The highest BCUT2D eigenvalue weighted by molar-refractivity contribution is 8.03. The standard InChI is InChI=1S/C19H26N4O4S.ClH/c1-10-15-14(11(2)24)18(25)23(15)16(19(26)27)17(10)28-13-6-12(20-7-13)8-22-5-4-21(3)9-22;/h4-5,9-15,20,24H,6-8H2,1-3H3;1H/t10-,11-,12+,13+,14-,15-;/m1./s1. The number of carboxylic acid groups (broad SMARTS) is 1. The Balaban J connectivity index is 0.00000240. The molecule has 6 atom stereocenters. The Morgan fingerprint density at radius 1 is 1.48 bits per heavy atom. The summed E-state index contributed by atoms with van der Waals surface area (Å²) < 4.78 is 4.15. The van der Waals surface area contributed by atoms with Crippen LogP contribution < -0.4 is 22.3 Å². The summed E-state index contributed by atoms with van der Waals surface area (Å²) in [5.74, 6) is -1.92. The number of aromatic nitrogens is 2. The van der Waals surface area contributed by atoms with Crippen LogP contribution in [0, 0.1) is 11.8 Å². The largest absolute Gasteiger partial charge is 1.00 e. The van der Waals surface area contributed by atoms with E-state index in [-0.39, 0.29) is 41.2 Å². The molecule has 0 bridgehead atoms. The van der Waals surface area contributed by atoms with Gasteiger partial charge < -0.3 is 32.8 Å². The van der Waals surface area contributed by atoms with Gasteiger partial charge in [0.1, 0.15) is 24.6 Å². The van der Waals surface area contributed by atoms with Crippen LogP contribution in [0.1, 0.15) is 20.3 Å². The summed E-state index contributed by atoms with van der Waals surface area (Å²) in [4.78, 5) is 26.5. The van der Waals surface area contributed by atoms with Crippen molar-refractivity contribution in [1.29, 1.82) is 0 Å². The first kappa shape index (κ1) is 22.1. The summed E-state index contributed by atoms with van der Waals surface area (Å²) in [6, 6.07) is 0.0884. The van der Waals surface area contributed by atoms with Crippen molar-refractivity contribution < 1.29 is 36.8 Å². The van der Waals surface area contributed by atoms with Crippen LogP contribution in [-0.4, -0.2) is 61.5 Å². The molecule has 1 aromatic heterocycles. The zero-order valence-corrected chi connectivity index (χ0v) is 18.2. The fourth-order valence-corrected chi connectivity index (χ4v) is 6.25. The number of imidazole rings is 1. The van der Waals surface area contributed by atoms with E-state index in [0.717, 1.165) is 24.4 Å². The number of hydrogen-bond donors (Lipinski definition) is 3. The predicted molar refractivity (Wildman–Crippen MR) is 103 cm³/mol. The summed E-state index contributed by atoms with van der Waals surface area (Å²) in [7, 11) is 1.99. The summed E-state index contributed by atoms with van der Waals surface area (Å²) in [5, 5.41) is 23.5. The van der Waals surface area contributed by atoms with Gasteiger partial charge in [-0.25, -0.2) is 13.9 Å². The van der Waals surface area contributed by atoms with E-state index >= 15 is 0 Å². The molecule has 2 saturated heterocycles. The van der Waals surface area contributed by atoms with E-state index in [1.807, 2.05) is 37.3 Å². The van der Waals surface area contributed by atoms with Crippen LogP contribution in [0.2, 0.25) is 0 Å². The van der Waals surface area contributed by atoms with Gasteiger partial charge >= 0.3 is 5.97 Å². The molecule has 1 amide bonds. The van der Waals surface area contributed by atoms with Gasteiger partial charge in [0, 0.05) is 28.7 Å². The molecule has 4 rings (SSSR count). The maximum Gasteiger partial charge on any atom is 0.353 e. The number of carbonyl (C=O) groups excluding carboxylic acids is 1. The predicted octanol–water partition coefficient (Wildman–Crippen LogP) is -3.07. The van der Waals surface area contributed by atoms with Gasteiger partial charge in [-0.1, -0.05) is 6.92 Å². The van der Waals surface area contributed by atoms with Crippen molar-refractivity contribution >= 4 is 23.6 Å². The topological polar surface area (TPSA) is 98.7 Å². The summed E-state index contributed by atoms with van der Waals surface area (Å²) >= 11 is 1.59. The molecular formula is C19H27ClN4O4S. The third kappa shape index (κ3) is 3.81. The third-order valence-electron chi connectivity index (χ3n) is 6.04. The van der Waals surface area contributed by atoms with Gasteiger partial charge in [-0.05, 0) is 13.3 Å². The molecule has 0 aromatic carbocycles. The number of aliphatic hydroxyl groups is 1. The highest BCUT2D eigenvalue weighted by Gasteiger charge is 2.60. The van der Waals surface area contributed by atoms with Gasteiger partial charge in [0.25, 0.3) is 0 Å². The number of aliphatic carboxylic acids is 1. The molecule has 2 fully saturated rings. The normalized spacial score (nSPS) is 32.1. The summed E-state index contributed by atoms with van der Waals surface area (Å²) in [5.41, 5.74) is 0.116. The molecule has 3 aliphatic heterocycles. The second-order valence-electron chi connectivity index (χ2n) is 8.13. The number of β-lactam (4-membered cyclic amide) rings is 1. The molecular weight excluding hydrogens is 416 g/mol. The van der Waals surface area contributed by atoms with Crippen LogP contribution in [-0.2, 0) is 23.2 Å². The van der Waals surface area contributed by atoms with E-state index in [1.165, 1.54) is 4.90 Å². The van der Waals surface area contributed by atoms with Crippen LogP contribution in [0.4, 0.5) is 0 Å². The van der Waals surface area contributed by atoms with E-state index in [2.05, 4.69) is 9.88 Å². The van der Waals surface area contributed by atoms with Crippen LogP contribution in [0.3, 0.4) is 0 Å². The van der Waals surface area contributed by atoms with Gasteiger partial charge in [-0.3, -0.25) is 4.79 Å². The number of aryl methyl sites for hydroxylation is 1. The minimum atomic E-state index is -1.06. The first-order valence-corrected chi connectivity index (χ1v) is 10.6. The van der Waals surface area contributed by atoms with Gasteiger partial charge in [0.15, 0.2) is 0 Å². The van der Waals surface area contributed by atoms with E-state index < -0.39 is 18.0 Å². The smallest absolute Gasteiger partial charge is 0.353 e. The molecule has 4 heterocycles. The van der Waals surface area contributed by atoms with Gasteiger partial charge in [-0.15, -0.1) is 11.8 Å². The van der Waals surface area contributed by atoms with Crippen molar-refractivity contribution in [3.05, 3.63) is 29.3 Å². The number of fused-ring (bicyclic) bond motifs is 1. The Hall–Kier alpha value is -1.55. The van der Waals surface area contributed by atoms with Crippen molar-refractivity contribution in [2.24, 2.45) is 18.9 Å². The molecule has 160 valence electrons. The van der Waals surface area contributed by atoms with Crippen molar-refractivity contribution in [2.75, 3.05) is 6.54 Å². The molecule has 29 heavy (non-hydrogen) atoms. The number of thioether (sulfide) groups is 1. The molecule has 8 nitrogen and oxygen atoms in total. The van der Waals surface area contributed by atoms with Crippen molar-refractivity contribution in [2.45, 2.75) is 50.3 Å². The quantitative estimate of drug-likeness (QED) is 0.319. The number of nitrogens with zero attached hydrogens (tertiary/aromatic N) is 3. The Morgan fingerprint density at radius 2 is 2.21 bits per heavy atom. The van der Waals surface area contributed by atoms with Gasteiger partial charge in [0.05, 0.1) is 25.1 Å².